The number of aromatic nitrogens is 2. The predicted octanol–water partition coefficient (Wildman–Crippen LogP) is 1.33. The highest BCUT2D eigenvalue weighted by Gasteiger charge is 2.09. The monoisotopic (exact) mass is 273 g/mol. The van der Waals surface area contributed by atoms with Gasteiger partial charge in [0.15, 0.2) is 0 Å². The molecule has 0 spiro atoms. The lowest BCUT2D eigenvalue weighted by atomic mass is 10.1. The second kappa shape index (κ2) is 6.60. The molecule has 0 aliphatic heterocycles. The van der Waals surface area contributed by atoms with Gasteiger partial charge in [-0.05, 0) is 30.7 Å². The van der Waals surface area contributed by atoms with Crippen LogP contribution in [0.15, 0.2) is 36.7 Å². The molecule has 2 rings (SSSR count). The molecule has 1 heterocycles. The van der Waals surface area contributed by atoms with Crippen LogP contribution in [0.3, 0.4) is 0 Å². The molecule has 0 saturated carbocycles. The number of nitrogens with one attached hydrogen (secondary N) is 2. The van der Waals surface area contributed by atoms with Gasteiger partial charge in [0.1, 0.15) is 0 Å². The molecular weight excluding hydrogens is 254 g/mol. The second-order valence-electron chi connectivity index (χ2n) is 4.43. The fourth-order valence-corrected chi connectivity index (χ4v) is 1.94. The first kappa shape index (κ1) is 13.9. The van der Waals surface area contributed by atoms with Crippen molar-refractivity contribution in [3.63, 3.8) is 0 Å². The molecule has 1 aromatic carbocycles. The summed E-state index contributed by atoms with van der Waals surface area (Å²) >= 11 is 0. The zero-order chi connectivity index (χ0) is 14.4. The molecule has 0 fully saturated rings. The average Bonchev–Trinajstić information content (AvgIpc) is 2.96. The van der Waals surface area contributed by atoms with E-state index < -0.39 is 0 Å². The van der Waals surface area contributed by atoms with Crippen molar-refractivity contribution in [2.45, 2.75) is 13.0 Å². The first-order valence-corrected chi connectivity index (χ1v) is 6.53. The zero-order valence-corrected chi connectivity index (χ0v) is 11.5. The standard InChI is InChI=1S/C14H19N5O/c1-16-14(20)12-5-4-11(15)10-13(12)17-6-2-8-19-9-3-7-18-19/h3-5,7,9-10,17H,2,6,8,15H2,1H3,(H,16,20). The Morgan fingerprint density at radius 1 is 1.45 bits per heavy atom. The van der Waals surface area contributed by atoms with E-state index in [0.29, 0.717) is 11.3 Å². The van der Waals surface area contributed by atoms with E-state index >= 15 is 0 Å². The van der Waals surface area contributed by atoms with Crippen molar-refractivity contribution in [3.8, 4) is 0 Å². The van der Waals surface area contributed by atoms with Gasteiger partial charge in [0.2, 0.25) is 0 Å². The molecule has 1 aromatic heterocycles. The van der Waals surface area contributed by atoms with E-state index in [2.05, 4.69) is 15.7 Å². The molecule has 6 heteroatoms. The Kier molecular flexibility index (Phi) is 4.60. The smallest absolute Gasteiger partial charge is 0.253 e. The summed E-state index contributed by atoms with van der Waals surface area (Å²) in [5.74, 6) is -0.125. The molecule has 6 nitrogen and oxygen atoms in total. The summed E-state index contributed by atoms with van der Waals surface area (Å²) in [5, 5.41) is 10.0. The van der Waals surface area contributed by atoms with Gasteiger partial charge in [0, 0.05) is 43.9 Å². The van der Waals surface area contributed by atoms with Crippen LogP contribution in [0.2, 0.25) is 0 Å². The Morgan fingerprint density at radius 2 is 2.30 bits per heavy atom. The van der Waals surface area contributed by atoms with Gasteiger partial charge in [-0.3, -0.25) is 9.48 Å². The van der Waals surface area contributed by atoms with Crippen LogP contribution in [0.5, 0.6) is 0 Å². The van der Waals surface area contributed by atoms with Gasteiger partial charge >= 0.3 is 0 Å². The van der Waals surface area contributed by atoms with Crippen LogP contribution < -0.4 is 16.4 Å². The molecule has 0 radical (unpaired) electrons. The molecule has 106 valence electrons. The molecule has 0 bridgehead atoms. The molecule has 4 N–H and O–H groups in total. The fraction of sp³-hybridized carbons (Fsp3) is 0.286. The molecule has 0 atom stereocenters. The van der Waals surface area contributed by atoms with Crippen molar-refractivity contribution in [1.29, 1.82) is 0 Å². The van der Waals surface area contributed by atoms with Crippen LogP contribution in [0.1, 0.15) is 16.8 Å². The van der Waals surface area contributed by atoms with E-state index in [0.717, 1.165) is 25.2 Å². The number of carbonyl (C=O) groups excluding carboxylic acids is 1. The number of nitrogens with zero attached hydrogens (tertiary/aromatic N) is 2. The van der Waals surface area contributed by atoms with Crippen molar-refractivity contribution in [3.05, 3.63) is 42.2 Å². The van der Waals surface area contributed by atoms with Crippen molar-refractivity contribution < 1.29 is 4.79 Å². The van der Waals surface area contributed by atoms with E-state index in [9.17, 15) is 4.79 Å². The normalized spacial score (nSPS) is 10.2. The van der Waals surface area contributed by atoms with Crippen LogP contribution in [0, 0.1) is 0 Å². The molecular formula is C14H19N5O. The minimum atomic E-state index is -0.125. The number of carbonyl (C=O) groups is 1. The maximum Gasteiger partial charge on any atom is 0.253 e. The van der Waals surface area contributed by atoms with Crippen LogP contribution in [-0.4, -0.2) is 29.3 Å². The third-order valence-corrected chi connectivity index (χ3v) is 2.95. The predicted molar refractivity (Wildman–Crippen MR) is 79.6 cm³/mol. The molecule has 1 amide bonds. The molecule has 0 aliphatic carbocycles. The highest BCUT2D eigenvalue weighted by Crippen LogP contribution is 2.19. The van der Waals surface area contributed by atoms with E-state index in [1.807, 2.05) is 16.9 Å². The van der Waals surface area contributed by atoms with Gasteiger partial charge in [-0.2, -0.15) is 5.10 Å². The maximum atomic E-state index is 11.8. The van der Waals surface area contributed by atoms with Crippen LogP contribution in [0.25, 0.3) is 0 Å². The summed E-state index contributed by atoms with van der Waals surface area (Å²) in [6.45, 7) is 1.57. The number of aryl methyl sites for hydroxylation is 1. The number of hydrogen-bond donors (Lipinski definition) is 3. The highest BCUT2D eigenvalue weighted by atomic mass is 16.1. The number of nitrogen functional groups attached to an aromatic ring is 1. The lowest BCUT2D eigenvalue weighted by Crippen LogP contribution is -2.20. The summed E-state index contributed by atoms with van der Waals surface area (Å²) in [4.78, 5) is 11.8. The van der Waals surface area contributed by atoms with Gasteiger partial charge in [0.05, 0.1) is 5.56 Å². The Morgan fingerprint density at radius 3 is 3.00 bits per heavy atom. The molecule has 0 aliphatic rings. The third kappa shape index (κ3) is 3.50. The fourth-order valence-electron chi connectivity index (χ4n) is 1.94. The molecule has 0 unspecified atom stereocenters. The van der Waals surface area contributed by atoms with Gasteiger partial charge in [-0.15, -0.1) is 0 Å². The SMILES string of the molecule is CNC(=O)c1ccc(N)cc1NCCCn1cccn1. The van der Waals surface area contributed by atoms with Crippen molar-refractivity contribution in [2.24, 2.45) is 0 Å². The Hall–Kier alpha value is -2.50. The van der Waals surface area contributed by atoms with E-state index in [-0.39, 0.29) is 5.91 Å². The average molecular weight is 273 g/mol. The number of nitrogens with two attached hydrogens (primary N) is 1. The quantitative estimate of drug-likeness (QED) is 0.547. The molecule has 2 aromatic rings. The van der Waals surface area contributed by atoms with Crippen molar-refractivity contribution in [1.82, 2.24) is 15.1 Å². The summed E-state index contributed by atoms with van der Waals surface area (Å²) in [6.07, 6.45) is 4.59. The van der Waals surface area contributed by atoms with Gasteiger partial charge in [-0.1, -0.05) is 0 Å². The lowest BCUT2D eigenvalue weighted by Gasteiger charge is -2.12. The Bertz CT molecular complexity index is 565. The number of amides is 1. The minimum Gasteiger partial charge on any atom is -0.399 e. The molecule has 20 heavy (non-hydrogen) atoms. The highest BCUT2D eigenvalue weighted by molar-refractivity contribution is 6.00. The maximum absolute atomic E-state index is 11.8. The lowest BCUT2D eigenvalue weighted by molar-refractivity contribution is 0.0964. The first-order chi connectivity index (χ1) is 9.70. The minimum absolute atomic E-state index is 0.125. The summed E-state index contributed by atoms with van der Waals surface area (Å²) in [5.41, 5.74) is 7.75. The number of benzene rings is 1. The van der Waals surface area contributed by atoms with Crippen molar-refractivity contribution >= 4 is 17.3 Å². The second-order valence-corrected chi connectivity index (χ2v) is 4.43. The van der Waals surface area contributed by atoms with E-state index in [4.69, 9.17) is 5.73 Å². The van der Waals surface area contributed by atoms with Gasteiger partial charge in [0.25, 0.3) is 5.91 Å². The van der Waals surface area contributed by atoms with Crippen LogP contribution in [-0.2, 0) is 6.54 Å². The zero-order valence-electron chi connectivity index (χ0n) is 11.5. The summed E-state index contributed by atoms with van der Waals surface area (Å²) in [6, 6.07) is 7.12. The number of hydrogen-bond acceptors (Lipinski definition) is 4. The van der Waals surface area contributed by atoms with Gasteiger partial charge in [-0.25, -0.2) is 0 Å². The topological polar surface area (TPSA) is 85.0 Å². The van der Waals surface area contributed by atoms with E-state index in [1.54, 1.807) is 31.4 Å². The third-order valence-electron chi connectivity index (χ3n) is 2.95. The Labute approximate surface area is 118 Å². The number of anilines is 2. The van der Waals surface area contributed by atoms with Gasteiger partial charge < -0.3 is 16.4 Å². The summed E-state index contributed by atoms with van der Waals surface area (Å²) < 4.78 is 1.88. The van der Waals surface area contributed by atoms with Crippen LogP contribution >= 0.6 is 0 Å². The summed E-state index contributed by atoms with van der Waals surface area (Å²) in [7, 11) is 1.61. The Balaban J connectivity index is 1.94. The van der Waals surface area contributed by atoms with E-state index in [1.165, 1.54) is 0 Å². The molecule has 0 saturated heterocycles. The van der Waals surface area contributed by atoms with Crippen LogP contribution in [0.4, 0.5) is 11.4 Å². The first-order valence-electron chi connectivity index (χ1n) is 6.53. The largest absolute Gasteiger partial charge is 0.399 e. The number of rotatable bonds is 6. The van der Waals surface area contributed by atoms with Crippen molar-refractivity contribution in [2.75, 3.05) is 24.6 Å².